The van der Waals surface area contributed by atoms with E-state index in [1.165, 1.54) is 30.7 Å². The van der Waals surface area contributed by atoms with Crippen LogP contribution in [-0.4, -0.2) is 28.7 Å². The number of rotatable bonds is 5. The predicted octanol–water partition coefficient (Wildman–Crippen LogP) is 2.18. The average molecular weight is 401 g/mol. The molecule has 0 radical (unpaired) electrons. The topological polar surface area (TPSA) is 104 Å². The van der Waals surface area contributed by atoms with E-state index in [-0.39, 0.29) is 39.8 Å². The summed E-state index contributed by atoms with van der Waals surface area (Å²) in [4.78, 5) is 36.9. The van der Waals surface area contributed by atoms with Gasteiger partial charge in [-0.15, -0.1) is 6.42 Å². The van der Waals surface area contributed by atoms with Gasteiger partial charge in [-0.25, -0.2) is 4.39 Å². The number of nitrogens with zero attached hydrogens (tertiary/aromatic N) is 2. The van der Waals surface area contributed by atoms with Gasteiger partial charge in [-0.3, -0.25) is 14.4 Å². The molecule has 0 saturated heterocycles. The number of carbonyl (C=O) groups is 3. The lowest BCUT2D eigenvalue weighted by atomic mass is 10.1. The first kappa shape index (κ1) is 20.7. The van der Waals surface area contributed by atoms with Crippen LogP contribution < -0.4 is 10.6 Å². The number of hydrogen-bond donors (Lipinski definition) is 2. The summed E-state index contributed by atoms with van der Waals surface area (Å²) in [7, 11) is 1.45. The summed E-state index contributed by atoms with van der Waals surface area (Å²) in [5.41, 5.74) is 0.0369. The maximum atomic E-state index is 13.4. The third-order valence-corrected chi connectivity index (χ3v) is 4.35. The number of carbonyl (C=O) groups excluding carboxylic acids is 3. The van der Waals surface area contributed by atoms with E-state index in [0.717, 1.165) is 6.07 Å². The molecule has 0 bridgehead atoms. The molecule has 0 atom stereocenters. The number of aromatic nitrogens is 1. The molecule has 0 aliphatic heterocycles. The van der Waals surface area contributed by atoms with Gasteiger partial charge in [0.05, 0.1) is 17.7 Å². The van der Waals surface area contributed by atoms with Gasteiger partial charge in [0.1, 0.15) is 22.7 Å². The molecule has 2 rings (SSSR count). The summed E-state index contributed by atoms with van der Waals surface area (Å²) in [5, 5.41) is 13.5. The number of amides is 2. The highest BCUT2D eigenvalue weighted by atomic mass is 35.5. The van der Waals surface area contributed by atoms with E-state index < -0.39 is 23.4 Å². The van der Waals surface area contributed by atoms with E-state index in [1.807, 2.05) is 0 Å². The molecule has 9 heteroatoms. The Labute approximate surface area is 165 Å². The molecule has 142 valence electrons. The number of hydrogen-bond acceptors (Lipinski definition) is 4. The van der Waals surface area contributed by atoms with Gasteiger partial charge >= 0.3 is 0 Å². The van der Waals surface area contributed by atoms with Crippen molar-refractivity contribution in [1.82, 2.24) is 9.88 Å². The van der Waals surface area contributed by atoms with Gasteiger partial charge in [0, 0.05) is 12.7 Å². The number of nitrogens with one attached hydrogen (secondary N) is 2. The Bertz CT molecular complexity index is 1080. The van der Waals surface area contributed by atoms with Crippen molar-refractivity contribution in [2.45, 2.75) is 6.92 Å². The van der Waals surface area contributed by atoms with Crippen molar-refractivity contribution in [3.8, 4) is 18.4 Å². The van der Waals surface area contributed by atoms with Gasteiger partial charge in [0.25, 0.3) is 17.6 Å². The van der Waals surface area contributed by atoms with Crippen LogP contribution >= 0.6 is 11.6 Å². The second kappa shape index (κ2) is 8.38. The van der Waals surface area contributed by atoms with Crippen molar-refractivity contribution >= 4 is 34.9 Å². The van der Waals surface area contributed by atoms with Gasteiger partial charge in [-0.2, -0.15) is 5.26 Å². The molecule has 28 heavy (non-hydrogen) atoms. The van der Waals surface area contributed by atoms with Crippen LogP contribution in [0.3, 0.4) is 0 Å². The highest BCUT2D eigenvalue weighted by molar-refractivity contribution is 6.47. The summed E-state index contributed by atoms with van der Waals surface area (Å²) in [6.07, 6.45) is 5.04. The van der Waals surface area contributed by atoms with Crippen LogP contribution in [-0.2, 0) is 11.8 Å². The lowest BCUT2D eigenvalue weighted by molar-refractivity contribution is -0.116. The maximum Gasteiger partial charge on any atom is 0.293 e. The number of terminal acetylenes is 1. The first-order valence-electron chi connectivity index (χ1n) is 7.84. The Kier molecular flexibility index (Phi) is 6.19. The first-order valence-corrected chi connectivity index (χ1v) is 8.22. The fourth-order valence-electron chi connectivity index (χ4n) is 2.58. The zero-order chi connectivity index (χ0) is 21.0. The van der Waals surface area contributed by atoms with E-state index in [2.05, 4.69) is 16.6 Å². The van der Waals surface area contributed by atoms with E-state index in [9.17, 15) is 18.8 Å². The second-order valence-corrected chi connectivity index (χ2v) is 6.03. The molecule has 0 unspecified atom stereocenters. The van der Waals surface area contributed by atoms with E-state index >= 15 is 0 Å². The minimum Gasteiger partial charge on any atom is -0.338 e. The molecule has 0 spiro atoms. The molecule has 2 N–H and O–H groups in total. The van der Waals surface area contributed by atoms with Crippen molar-refractivity contribution in [2.75, 3.05) is 11.9 Å². The minimum atomic E-state index is -0.947. The highest BCUT2D eigenvalue weighted by Gasteiger charge is 2.29. The third-order valence-electron chi connectivity index (χ3n) is 3.91. The lowest BCUT2D eigenvalue weighted by Gasteiger charge is -2.08. The van der Waals surface area contributed by atoms with Gasteiger partial charge in [0.2, 0.25) is 0 Å². The number of benzene rings is 1. The Hall–Kier alpha value is -3.62. The Morgan fingerprint density at radius 1 is 1.36 bits per heavy atom. The number of nitriles is 1. The number of ketones is 1. The van der Waals surface area contributed by atoms with E-state index in [0.29, 0.717) is 0 Å². The smallest absolute Gasteiger partial charge is 0.293 e. The average Bonchev–Trinajstić information content (AvgIpc) is 2.89. The van der Waals surface area contributed by atoms with Crippen LogP contribution in [0.25, 0.3) is 0 Å². The fraction of sp³-hybridized carbons (Fsp3) is 0.158. The van der Waals surface area contributed by atoms with Gasteiger partial charge in [0.15, 0.2) is 0 Å². The largest absolute Gasteiger partial charge is 0.338 e. The Morgan fingerprint density at radius 2 is 2.04 bits per heavy atom. The highest BCUT2D eigenvalue weighted by Crippen LogP contribution is 2.27. The number of Topliss-reactive ketones (excluding diaryl/α,β-unsaturated/α-hetero) is 1. The number of halogens is 2. The van der Waals surface area contributed by atoms with Gasteiger partial charge in [-0.1, -0.05) is 17.5 Å². The van der Waals surface area contributed by atoms with Crippen LogP contribution in [0.4, 0.5) is 10.1 Å². The lowest BCUT2D eigenvalue weighted by Crippen LogP contribution is -2.31. The third kappa shape index (κ3) is 3.88. The zero-order valence-electron chi connectivity index (χ0n) is 14.9. The summed E-state index contributed by atoms with van der Waals surface area (Å²) in [5.74, 6) is -1.07. The molecule has 0 aliphatic carbocycles. The summed E-state index contributed by atoms with van der Waals surface area (Å²) in [6.45, 7) is 1.33. The van der Waals surface area contributed by atoms with Crippen molar-refractivity contribution in [1.29, 1.82) is 5.26 Å². The van der Waals surface area contributed by atoms with Crippen molar-refractivity contribution in [3.63, 3.8) is 0 Å². The normalized spacial score (nSPS) is 9.93. The quantitative estimate of drug-likeness (QED) is 0.456. The molecule has 1 heterocycles. The monoisotopic (exact) mass is 400 g/mol. The SMILES string of the molecule is C#CCNC(=O)C(=O)c1c(C)c(C(=O)Nc2ccc(F)c(C#N)c2)n(C)c1Cl. The molecule has 2 amide bonds. The zero-order valence-corrected chi connectivity index (χ0v) is 15.6. The second-order valence-electron chi connectivity index (χ2n) is 5.67. The van der Waals surface area contributed by atoms with Crippen LogP contribution in [0.2, 0.25) is 5.15 Å². The molecule has 0 saturated carbocycles. The molecule has 7 nitrogen and oxygen atoms in total. The van der Waals surface area contributed by atoms with Crippen LogP contribution in [0.1, 0.15) is 32.0 Å². The molecule has 0 aliphatic rings. The van der Waals surface area contributed by atoms with E-state index in [4.69, 9.17) is 23.3 Å². The van der Waals surface area contributed by atoms with Gasteiger partial charge in [-0.05, 0) is 30.7 Å². The Balaban J connectivity index is 2.38. The van der Waals surface area contributed by atoms with E-state index in [1.54, 1.807) is 6.07 Å². The minimum absolute atomic E-state index is 0.0286. The molecule has 0 fully saturated rings. The fourth-order valence-corrected chi connectivity index (χ4v) is 2.89. The summed E-state index contributed by atoms with van der Waals surface area (Å²) >= 11 is 6.16. The standard InChI is InChI=1S/C19H14ClFN4O3/c1-4-7-23-19(28)16(26)14-10(2)15(25(3)17(14)20)18(27)24-12-5-6-13(21)11(8-12)9-22/h1,5-6,8H,7H2,2-3H3,(H,23,28)(H,24,27). The molecular formula is C19H14ClFN4O3. The van der Waals surface area contributed by atoms with Crippen LogP contribution in [0.15, 0.2) is 18.2 Å². The molecule has 2 aromatic rings. The van der Waals surface area contributed by atoms with Crippen LogP contribution in [0.5, 0.6) is 0 Å². The Morgan fingerprint density at radius 3 is 2.64 bits per heavy atom. The van der Waals surface area contributed by atoms with Crippen molar-refractivity contribution in [2.24, 2.45) is 7.05 Å². The molecule has 1 aromatic carbocycles. The molecule has 1 aromatic heterocycles. The summed E-state index contributed by atoms with van der Waals surface area (Å²) < 4.78 is 14.7. The summed E-state index contributed by atoms with van der Waals surface area (Å²) in [6, 6.07) is 5.18. The predicted molar refractivity (Wildman–Crippen MR) is 100 cm³/mol. The van der Waals surface area contributed by atoms with Crippen molar-refractivity contribution in [3.05, 3.63) is 51.6 Å². The van der Waals surface area contributed by atoms with Crippen LogP contribution in [0, 0.1) is 36.4 Å². The van der Waals surface area contributed by atoms with Gasteiger partial charge < -0.3 is 15.2 Å². The number of anilines is 1. The van der Waals surface area contributed by atoms with Crippen molar-refractivity contribution < 1.29 is 18.8 Å². The first-order chi connectivity index (χ1) is 13.2. The maximum absolute atomic E-state index is 13.4. The molecular weight excluding hydrogens is 387 g/mol.